The molecule has 1 heterocycles. The molecule has 134 valence electrons. The molecule has 1 aromatic heterocycles. The predicted octanol–water partition coefficient (Wildman–Crippen LogP) is 3.33. The standard InChI is InChI=1S/C18H16N2O6/c1-24-13-4-5-14-11(7-18(21)26-17(14)9-13)10-19-15-8-12(20(22)23)3-6-16(15)25-2/h3-9,19H,10H2,1-2H3. The minimum absolute atomic E-state index is 0.0598. The highest BCUT2D eigenvalue weighted by Crippen LogP contribution is 2.30. The maximum absolute atomic E-state index is 11.8. The van der Waals surface area contributed by atoms with Gasteiger partial charge in [0.05, 0.1) is 24.8 Å². The smallest absolute Gasteiger partial charge is 0.336 e. The molecule has 3 aromatic rings. The van der Waals surface area contributed by atoms with E-state index in [1.807, 2.05) is 0 Å². The Bertz CT molecular complexity index is 1030. The van der Waals surface area contributed by atoms with Crippen molar-refractivity contribution >= 4 is 22.3 Å². The average Bonchev–Trinajstić information content (AvgIpc) is 2.64. The van der Waals surface area contributed by atoms with Gasteiger partial charge in [-0.2, -0.15) is 0 Å². The molecule has 0 atom stereocenters. The number of methoxy groups -OCH3 is 2. The van der Waals surface area contributed by atoms with Gasteiger partial charge in [-0.15, -0.1) is 0 Å². The lowest BCUT2D eigenvalue weighted by molar-refractivity contribution is -0.384. The van der Waals surface area contributed by atoms with Gasteiger partial charge in [0, 0.05) is 36.2 Å². The molecule has 0 aliphatic carbocycles. The molecule has 0 fully saturated rings. The van der Waals surface area contributed by atoms with Crippen LogP contribution in [0.25, 0.3) is 11.0 Å². The molecule has 1 N–H and O–H groups in total. The van der Waals surface area contributed by atoms with Gasteiger partial charge in [0.2, 0.25) is 0 Å². The fourth-order valence-corrected chi connectivity index (χ4v) is 2.62. The van der Waals surface area contributed by atoms with E-state index in [9.17, 15) is 14.9 Å². The van der Waals surface area contributed by atoms with Crippen molar-refractivity contribution in [2.24, 2.45) is 0 Å². The molecule has 0 aliphatic rings. The molecule has 0 aliphatic heterocycles. The molecular weight excluding hydrogens is 340 g/mol. The Labute approximate surface area is 148 Å². The van der Waals surface area contributed by atoms with Crippen molar-refractivity contribution in [3.05, 3.63) is 68.6 Å². The zero-order chi connectivity index (χ0) is 18.7. The predicted molar refractivity (Wildman–Crippen MR) is 96.0 cm³/mol. The number of nitro benzene ring substituents is 1. The Morgan fingerprint density at radius 1 is 1.12 bits per heavy atom. The van der Waals surface area contributed by atoms with E-state index < -0.39 is 10.5 Å². The summed E-state index contributed by atoms with van der Waals surface area (Å²) in [6, 6.07) is 10.8. The molecule has 0 saturated heterocycles. The molecule has 8 nitrogen and oxygen atoms in total. The topological polar surface area (TPSA) is 104 Å². The second kappa shape index (κ2) is 7.14. The SMILES string of the molecule is COc1ccc2c(CNc3cc([N+](=O)[O-])ccc3OC)cc(=O)oc2c1. The Balaban J connectivity index is 1.96. The van der Waals surface area contributed by atoms with Crippen molar-refractivity contribution in [3.8, 4) is 11.5 Å². The normalized spacial score (nSPS) is 10.5. The second-order valence-corrected chi connectivity index (χ2v) is 5.45. The molecule has 0 radical (unpaired) electrons. The maximum Gasteiger partial charge on any atom is 0.336 e. The van der Waals surface area contributed by atoms with Crippen LogP contribution in [0.4, 0.5) is 11.4 Å². The Kier molecular flexibility index (Phi) is 4.74. The van der Waals surface area contributed by atoms with Crippen molar-refractivity contribution in [3.63, 3.8) is 0 Å². The number of nitrogens with zero attached hydrogens (tertiary/aromatic N) is 1. The molecule has 0 saturated carbocycles. The third-order valence-electron chi connectivity index (χ3n) is 3.90. The quantitative estimate of drug-likeness (QED) is 0.410. The molecular formula is C18H16N2O6. The Hall–Kier alpha value is -3.55. The summed E-state index contributed by atoms with van der Waals surface area (Å²) < 4.78 is 15.6. The first-order valence-corrected chi connectivity index (χ1v) is 7.69. The molecule has 0 spiro atoms. The van der Waals surface area contributed by atoms with Crippen LogP contribution in [0.15, 0.2) is 51.7 Å². The van der Waals surface area contributed by atoms with Crippen LogP contribution in [-0.2, 0) is 6.54 Å². The summed E-state index contributed by atoms with van der Waals surface area (Å²) in [5.74, 6) is 1.04. The minimum Gasteiger partial charge on any atom is -0.497 e. The highest BCUT2D eigenvalue weighted by atomic mass is 16.6. The van der Waals surface area contributed by atoms with E-state index >= 15 is 0 Å². The van der Waals surface area contributed by atoms with Crippen LogP contribution < -0.4 is 20.4 Å². The average molecular weight is 356 g/mol. The fraction of sp³-hybridized carbons (Fsp3) is 0.167. The van der Waals surface area contributed by atoms with Gasteiger partial charge in [-0.1, -0.05) is 0 Å². The lowest BCUT2D eigenvalue weighted by Gasteiger charge is -2.12. The number of hydrogen-bond donors (Lipinski definition) is 1. The number of ether oxygens (including phenoxy) is 2. The summed E-state index contributed by atoms with van der Waals surface area (Å²) in [6.07, 6.45) is 0. The number of non-ortho nitro benzene ring substituents is 1. The summed E-state index contributed by atoms with van der Waals surface area (Å²) >= 11 is 0. The molecule has 0 unspecified atom stereocenters. The van der Waals surface area contributed by atoms with Crippen LogP contribution in [0.2, 0.25) is 0 Å². The van der Waals surface area contributed by atoms with Crippen LogP contribution >= 0.6 is 0 Å². The van der Waals surface area contributed by atoms with E-state index in [2.05, 4.69) is 5.32 Å². The van der Waals surface area contributed by atoms with Gasteiger partial charge in [-0.3, -0.25) is 10.1 Å². The first kappa shape index (κ1) is 17.3. The minimum atomic E-state index is -0.492. The molecule has 3 rings (SSSR count). The zero-order valence-corrected chi connectivity index (χ0v) is 14.1. The van der Waals surface area contributed by atoms with E-state index in [0.29, 0.717) is 28.3 Å². The third kappa shape index (κ3) is 3.44. The van der Waals surface area contributed by atoms with Gasteiger partial charge in [-0.25, -0.2) is 4.79 Å². The summed E-state index contributed by atoms with van der Waals surface area (Å²) in [7, 11) is 3.00. The van der Waals surface area contributed by atoms with E-state index in [1.54, 1.807) is 18.2 Å². The van der Waals surface area contributed by atoms with Crippen LogP contribution in [0.1, 0.15) is 5.56 Å². The number of nitro groups is 1. The van der Waals surface area contributed by atoms with Gasteiger partial charge < -0.3 is 19.2 Å². The van der Waals surface area contributed by atoms with Crippen LogP contribution in [0.5, 0.6) is 11.5 Å². The van der Waals surface area contributed by atoms with Crippen LogP contribution in [-0.4, -0.2) is 19.1 Å². The highest BCUT2D eigenvalue weighted by Gasteiger charge is 2.12. The van der Waals surface area contributed by atoms with E-state index in [4.69, 9.17) is 13.9 Å². The number of anilines is 1. The number of nitrogens with one attached hydrogen (secondary N) is 1. The van der Waals surface area contributed by atoms with Crippen LogP contribution in [0.3, 0.4) is 0 Å². The van der Waals surface area contributed by atoms with E-state index in [1.165, 1.54) is 38.5 Å². The monoisotopic (exact) mass is 356 g/mol. The van der Waals surface area contributed by atoms with Gasteiger partial charge in [0.1, 0.15) is 17.1 Å². The van der Waals surface area contributed by atoms with Crippen molar-refractivity contribution < 1.29 is 18.8 Å². The zero-order valence-electron chi connectivity index (χ0n) is 14.1. The summed E-state index contributed by atoms with van der Waals surface area (Å²) in [5, 5.41) is 14.8. The van der Waals surface area contributed by atoms with Crippen molar-refractivity contribution in [1.82, 2.24) is 0 Å². The lowest BCUT2D eigenvalue weighted by atomic mass is 10.1. The van der Waals surface area contributed by atoms with Crippen molar-refractivity contribution in [2.75, 3.05) is 19.5 Å². The van der Waals surface area contributed by atoms with Crippen molar-refractivity contribution in [1.29, 1.82) is 0 Å². The first-order chi connectivity index (χ1) is 12.5. The molecule has 8 heteroatoms. The fourth-order valence-electron chi connectivity index (χ4n) is 2.62. The Morgan fingerprint density at radius 3 is 2.62 bits per heavy atom. The largest absolute Gasteiger partial charge is 0.497 e. The summed E-state index contributed by atoms with van der Waals surface area (Å²) in [5.41, 5.74) is 0.993. The molecule has 2 aromatic carbocycles. The van der Waals surface area contributed by atoms with Crippen LogP contribution in [0, 0.1) is 10.1 Å². The number of hydrogen-bond acceptors (Lipinski definition) is 7. The molecule has 0 amide bonds. The first-order valence-electron chi connectivity index (χ1n) is 7.69. The summed E-state index contributed by atoms with van der Waals surface area (Å²) in [6.45, 7) is 0.256. The van der Waals surface area contributed by atoms with Crippen molar-refractivity contribution in [2.45, 2.75) is 6.54 Å². The molecule has 26 heavy (non-hydrogen) atoms. The number of fused-ring (bicyclic) bond motifs is 1. The molecule has 0 bridgehead atoms. The number of rotatable bonds is 6. The van der Waals surface area contributed by atoms with Gasteiger partial charge >= 0.3 is 5.63 Å². The number of benzene rings is 2. The maximum atomic E-state index is 11.8. The van der Waals surface area contributed by atoms with E-state index in [-0.39, 0.29) is 12.2 Å². The lowest BCUT2D eigenvalue weighted by Crippen LogP contribution is -2.07. The third-order valence-corrected chi connectivity index (χ3v) is 3.90. The van der Waals surface area contributed by atoms with Gasteiger partial charge in [0.15, 0.2) is 0 Å². The Morgan fingerprint density at radius 2 is 1.92 bits per heavy atom. The second-order valence-electron chi connectivity index (χ2n) is 5.45. The van der Waals surface area contributed by atoms with E-state index in [0.717, 1.165) is 5.39 Å². The highest BCUT2D eigenvalue weighted by molar-refractivity contribution is 5.82. The van der Waals surface area contributed by atoms with Gasteiger partial charge in [-0.05, 0) is 23.8 Å². The van der Waals surface area contributed by atoms with Gasteiger partial charge in [0.25, 0.3) is 5.69 Å². The summed E-state index contributed by atoms with van der Waals surface area (Å²) in [4.78, 5) is 22.3.